The number of nitrogen functional groups attached to an aromatic ring is 1. The second kappa shape index (κ2) is 7.12. The van der Waals surface area contributed by atoms with Crippen LogP contribution in [0.2, 0.25) is 0 Å². The van der Waals surface area contributed by atoms with E-state index in [1.807, 2.05) is 24.3 Å². The minimum absolute atomic E-state index is 0.272. The SMILES string of the molecule is CCCC(CCO)CNc1ccc(N)cc1. The first-order valence-electron chi connectivity index (χ1n) is 5.96. The van der Waals surface area contributed by atoms with Gasteiger partial charge in [0.25, 0.3) is 0 Å². The number of hydrogen-bond acceptors (Lipinski definition) is 3. The molecule has 0 saturated carbocycles. The van der Waals surface area contributed by atoms with Crippen LogP contribution in [0.1, 0.15) is 26.2 Å². The van der Waals surface area contributed by atoms with Crippen molar-refractivity contribution in [3.05, 3.63) is 24.3 Å². The number of nitrogens with two attached hydrogens (primary N) is 1. The number of aliphatic hydroxyl groups is 1. The van der Waals surface area contributed by atoms with E-state index in [9.17, 15) is 0 Å². The third-order valence-corrected chi connectivity index (χ3v) is 2.74. The predicted octanol–water partition coefficient (Wildman–Crippen LogP) is 2.48. The van der Waals surface area contributed by atoms with E-state index in [0.29, 0.717) is 5.92 Å². The molecule has 0 fully saturated rings. The summed E-state index contributed by atoms with van der Waals surface area (Å²) in [6.45, 7) is 3.36. The third-order valence-electron chi connectivity index (χ3n) is 2.74. The summed E-state index contributed by atoms with van der Waals surface area (Å²) in [5.74, 6) is 0.549. The first-order chi connectivity index (χ1) is 7.76. The Kier molecular flexibility index (Phi) is 5.72. The lowest BCUT2D eigenvalue weighted by Crippen LogP contribution is -2.15. The Hall–Kier alpha value is -1.22. The van der Waals surface area contributed by atoms with Crippen LogP contribution in [0, 0.1) is 5.92 Å². The van der Waals surface area contributed by atoms with Crippen molar-refractivity contribution in [3.8, 4) is 0 Å². The summed E-state index contributed by atoms with van der Waals surface area (Å²) in [5.41, 5.74) is 7.49. The van der Waals surface area contributed by atoms with E-state index in [2.05, 4.69) is 12.2 Å². The topological polar surface area (TPSA) is 58.3 Å². The lowest BCUT2D eigenvalue weighted by Gasteiger charge is -2.16. The number of benzene rings is 1. The first kappa shape index (κ1) is 12.8. The maximum atomic E-state index is 8.95. The fraction of sp³-hybridized carbons (Fsp3) is 0.538. The normalized spacial score (nSPS) is 12.4. The van der Waals surface area contributed by atoms with Gasteiger partial charge in [-0.2, -0.15) is 0 Å². The number of hydrogen-bond donors (Lipinski definition) is 3. The zero-order chi connectivity index (χ0) is 11.8. The fourth-order valence-electron chi connectivity index (χ4n) is 1.80. The standard InChI is InChI=1S/C13H22N2O/c1-2-3-11(8-9-16)10-15-13-6-4-12(14)5-7-13/h4-7,11,15-16H,2-3,8-10,14H2,1H3. The Morgan fingerprint density at radius 3 is 2.50 bits per heavy atom. The molecule has 0 amide bonds. The van der Waals surface area contributed by atoms with E-state index >= 15 is 0 Å². The molecule has 1 rings (SSSR count). The van der Waals surface area contributed by atoms with Crippen molar-refractivity contribution in [1.29, 1.82) is 0 Å². The second-order valence-corrected chi connectivity index (χ2v) is 4.17. The number of anilines is 2. The smallest absolute Gasteiger partial charge is 0.0434 e. The molecule has 3 heteroatoms. The van der Waals surface area contributed by atoms with E-state index in [1.54, 1.807) is 0 Å². The summed E-state index contributed by atoms with van der Waals surface area (Å²) in [5, 5.41) is 12.3. The highest BCUT2D eigenvalue weighted by atomic mass is 16.3. The minimum atomic E-state index is 0.272. The molecule has 1 aromatic carbocycles. The third kappa shape index (κ3) is 4.53. The quantitative estimate of drug-likeness (QED) is 0.621. The van der Waals surface area contributed by atoms with Gasteiger partial charge in [0.15, 0.2) is 0 Å². The van der Waals surface area contributed by atoms with Gasteiger partial charge in [-0.05, 0) is 43.0 Å². The average molecular weight is 222 g/mol. The molecule has 1 unspecified atom stereocenters. The van der Waals surface area contributed by atoms with Crippen molar-refractivity contribution in [3.63, 3.8) is 0 Å². The van der Waals surface area contributed by atoms with Gasteiger partial charge in [-0.1, -0.05) is 13.3 Å². The average Bonchev–Trinajstić information content (AvgIpc) is 2.29. The highest BCUT2D eigenvalue weighted by Gasteiger charge is 2.06. The fourth-order valence-corrected chi connectivity index (χ4v) is 1.80. The van der Waals surface area contributed by atoms with Crippen LogP contribution in [0.3, 0.4) is 0 Å². The zero-order valence-corrected chi connectivity index (χ0v) is 9.95. The second-order valence-electron chi connectivity index (χ2n) is 4.17. The van der Waals surface area contributed by atoms with Gasteiger partial charge in [0.05, 0.1) is 0 Å². The van der Waals surface area contributed by atoms with E-state index in [-0.39, 0.29) is 6.61 Å². The Labute approximate surface area is 97.7 Å². The monoisotopic (exact) mass is 222 g/mol. The van der Waals surface area contributed by atoms with Gasteiger partial charge < -0.3 is 16.2 Å². The van der Waals surface area contributed by atoms with Crippen LogP contribution < -0.4 is 11.1 Å². The Bertz CT molecular complexity index is 278. The van der Waals surface area contributed by atoms with Gasteiger partial charge in [-0.3, -0.25) is 0 Å². The Morgan fingerprint density at radius 2 is 1.94 bits per heavy atom. The molecule has 4 N–H and O–H groups in total. The molecule has 16 heavy (non-hydrogen) atoms. The zero-order valence-electron chi connectivity index (χ0n) is 9.95. The molecule has 0 aliphatic carbocycles. The molecular weight excluding hydrogens is 200 g/mol. The van der Waals surface area contributed by atoms with Crippen molar-refractivity contribution in [2.75, 3.05) is 24.2 Å². The first-order valence-corrected chi connectivity index (χ1v) is 5.96. The van der Waals surface area contributed by atoms with Gasteiger partial charge in [0, 0.05) is 24.5 Å². The highest BCUT2D eigenvalue weighted by molar-refractivity contribution is 5.51. The Morgan fingerprint density at radius 1 is 1.25 bits per heavy atom. The van der Waals surface area contributed by atoms with Gasteiger partial charge in [-0.15, -0.1) is 0 Å². The summed E-state index contributed by atoms with van der Waals surface area (Å²) >= 11 is 0. The number of aliphatic hydroxyl groups excluding tert-OH is 1. The van der Waals surface area contributed by atoms with Crippen LogP contribution in [-0.4, -0.2) is 18.3 Å². The summed E-state index contributed by atoms with van der Waals surface area (Å²) < 4.78 is 0. The number of nitrogens with one attached hydrogen (secondary N) is 1. The molecule has 0 aliphatic heterocycles. The molecule has 0 radical (unpaired) electrons. The van der Waals surface area contributed by atoms with Crippen molar-refractivity contribution in [2.45, 2.75) is 26.2 Å². The van der Waals surface area contributed by atoms with E-state index in [0.717, 1.165) is 37.2 Å². The summed E-state index contributed by atoms with van der Waals surface area (Å²) in [6.07, 6.45) is 3.19. The highest BCUT2D eigenvalue weighted by Crippen LogP contribution is 2.14. The molecule has 0 bridgehead atoms. The molecule has 0 spiro atoms. The largest absolute Gasteiger partial charge is 0.399 e. The molecule has 1 atom stereocenters. The summed E-state index contributed by atoms with van der Waals surface area (Å²) in [7, 11) is 0. The van der Waals surface area contributed by atoms with Crippen molar-refractivity contribution >= 4 is 11.4 Å². The van der Waals surface area contributed by atoms with Gasteiger partial charge >= 0.3 is 0 Å². The van der Waals surface area contributed by atoms with Crippen molar-refractivity contribution in [1.82, 2.24) is 0 Å². The van der Waals surface area contributed by atoms with Gasteiger partial charge in [0.1, 0.15) is 0 Å². The van der Waals surface area contributed by atoms with Crippen LogP contribution in [0.15, 0.2) is 24.3 Å². The summed E-state index contributed by atoms with van der Waals surface area (Å²) in [4.78, 5) is 0. The maximum absolute atomic E-state index is 8.95. The van der Waals surface area contributed by atoms with Crippen LogP contribution in [-0.2, 0) is 0 Å². The van der Waals surface area contributed by atoms with Crippen LogP contribution >= 0.6 is 0 Å². The molecule has 3 nitrogen and oxygen atoms in total. The van der Waals surface area contributed by atoms with Crippen LogP contribution in [0.4, 0.5) is 11.4 Å². The van der Waals surface area contributed by atoms with Gasteiger partial charge in [-0.25, -0.2) is 0 Å². The maximum Gasteiger partial charge on any atom is 0.0434 e. The lowest BCUT2D eigenvalue weighted by atomic mass is 10.0. The summed E-state index contributed by atoms with van der Waals surface area (Å²) in [6, 6.07) is 7.75. The molecule has 0 saturated heterocycles. The van der Waals surface area contributed by atoms with Crippen LogP contribution in [0.5, 0.6) is 0 Å². The number of rotatable bonds is 7. The van der Waals surface area contributed by atoms with Crippen molar-refractivity contribution < 1.29 is 5.11 Å². The molecular formula is C13H22N2O. The predicted molar refractivity (Wildman–Crippen MR) is 69.4 cm³/mol. The van der Waals surface area contributed by atoms with Gasteiger partial charge in [0.2, 0.25) is 0 Å². The minimum Gasteiger partial charge on any atom is -0.399 e. The molecule has 0 aromatic heterocycles. The molecule has 1 aromatic rings. The molecule has 90 valence electrons. The van der Waals surface area contributed by atoms with E-state index < -0.39 is 0 Å². The molecule has 0 aliphatic rings. The lowest BCUT2D eigenvalue weighted by molar-refractivity contribution is 0.255. The molecule has 0 heterocycles. The Balaban J connectivity index is 2.38. The van der Waals surface area contributed by atoms with Crippen molar-refractivity contribution in [2.24, 2.45) is 5.92 Å². The van der Waals surface area contributed by atoms with E-state index in [1.165, 1.54) is 0 Å². The van der Waals surface area contributed by atoms with Crippen LogP contribution in [0.25, 0.3) is 0 Å². The van der Waals surface area contributed by atoms with E-state index in [4.69, 9.17) is 10.8 Å².